The van der Waals surface area contributed by atoms with Crippen LogP contribution in [-0.2, 0) is 0 Å². The molecule has 0 aromatic rings. The lowest BCUT2D eigenvalue weighted by atomic mass is 10.3. The second-order valence-electron chi connectivity index (χ2n) is 2.01. The van der Waals surface area contributed by atoms with Crippen molar-refractivity contribution in [2.45, 2.75) is 13.0 Å². The molecule has 52 valence electrons. The molecule has 2 heteroatoms. The topological polar surface area (TPSA) is 3.24 Å². The van der Waals surface area contributed by atoms with E-state index in [1.165, 1.54) is 0 Å². The van der Waals surface area contributed by atoms with Crippen LogP contribution in [0.1, 0.15) is 6.92 Å². The molecule has 1 atom stereocenters. The van der Waals surface area contributed by atoms with Gasteiger partial charge in [0.1, 0.15) is 0 Å². The maximum atomic E-state index is 5.21. The van der Waals surface area contributed by atoms with Crippen molar-refractivity contribution < 1.29 is 0 Å². The van der Waals surface area contributed by atoms with E-state index in [1.807, 2.05) is 14.0 Å². The number of rotatable bonds is 3. The largest absolute Gasteiger partial charge is 0.292 e. The Hall–Kier alpha value is 0.250. The van der Waals surface area contributed by atoms with Crippen molar-refractivity contribution in [3.05, 3.63) is 0 Å². The molecule has 1 nitrogen and oxygen atoms in total. The molecule has 0 N–H and O–H groups in total. The first-order chi connectivity index (χ1) is 4.22. The molecule has 0 spiro atoms. The summed E-state index contributed by atoms with van der Waals surface area (Å²) in [6, 6.07) is 0.278. The normalized spacial score (nSPS) is 13.2. The number of hydrogen-bond acceptors (Lipinski definition) is 1. The van der Waals surface area contributed by atoms with Gasteiger partial charge in [0.05, 0.1) is 6.04 Å². The van der Waals surface area contributed by atoms with Crippen LogP contribution in [0, 0.1) is 12.3 Å². The predicted octanol–water partition coefficient (Wildman–Crippen LogP) is 1.37. The van der Waals surface area contributed by atoms with Crippen molar-refractivity contribution in [2.75, 3.05) is 18.0 Å². The molecule has 0 aliphatic carbocycles. The minimum absolute atomic E-state index is 0.278. The van der Waals surface area contributed by atoms with Gasteiger partial charge >= 0.3 is 0 Å². The maximum Gasteiger partial charge on any atom is 0.0681 e. The number of terminal acetylenes is 1. The Kier molecular flexibility index (Phi) is 5.21. The number of nitrogens with zero attached hydrogens (tertiary/aromatic N) is 1. The van der Waals surface area contributed by atoms with Gasteiger partial charge in [0.15, 0.2) is 0 Å². The van der Waals surface area contributed by atoms with Crippen molar-refractivity contribution in [3.8, 4) is 12.3 Å². The lowest BCUT2D eigenvalue weighted by molar-refractivity contribution is 0.326. The summed E-state index contributed by atoms with van der Waals surface area (Å²) in [7, 11) is 2.04. The monoisotopic (exact) mass is 237 g/mol. The van der Waals surface area contributed by atoms with E-state index in [0.29, 0.717) is 0 Å². The molecule has 0 rings (SSSR count). The molecule has 0 aromatic carbocycles. The third-order valence-corrected chi connectivity index (χ3v) is 1.82. The highest BCUT2D eigenvalue weighted by Crippen LogP contribution is 1.93. The summed E-state index contributed by atoms with van der Waals surface area (Å²) in [5, 5.41) is 0. The van der Waals surface area contributed by atoms with Gasteiger partial charge in [-0.3, -0.25) is 4.90 Å². The van der Waals surface area contributed by atoms with Crippen LogP contribution in [-0.4, -0.2) is 29.0 Å². The molecule has 0 fully saturated rings. The van der Waals surface area contributed by atoms with Gasteiger partial charge < -0.3 is 0 Å². The molecule has 0 aromatic heterocycles. The van der Waals surface area contributed by atoms with Gasteiger partial charge in [-0.1, -0.05) is 28.5 Å². The van der Waals surface area contributed by atoms with Crippen LogP contribution in [0.4, 0.5) is 0 Å². The standard InChI is InChI=1S/C7H12IN/c1-4-7(2)9(3)6-5-8/h1,7H,5-6H2,2-3H3. The SMILES string of the molecule is C#CC(C)N(C)CCI. The molecule has 1 unspecified atom stereocenters. The van der Waals surface area contributed by atoms with E-state index in [9.17, 15) is 0 Å². The molecule has 0 aliphatic heterocycles. The van der Waals surface area contributed by atoms with E-state index >= 15 is 0 Å². The molecule has 0 aliphatic rings. The van der Waals surface area contributed by atoms with Crippen molar-refractivity contribution >= 4 is 22.6 Å². The van der Waals surface area contributed by atoms with Crippen LogP contribution >= 0.6 is 22.6 Å². The zero-order chi connectivity index (χ0) is 7.28. The Morgan fingerprint density at radius 2 is 2.33 bits per heavy atom. The molecule has 0 bridgehead atoms. The van der Waals surface area contributed by atoms with Crippen molar-refractivity contribution in [1.29, 1.82) is 0 Å². The zero-order valence-corrected chi connectivity index (χ0v) is 8.05. The number of halogens is 1. The highest BCUT2D eigenvalue weighted by Gasteiger charge is 2.01. The average molecular weight is 237 g/mol. The first-order valence-electron chi connectivity index (χ1n) is 2.94. The Balaban J connectivity index is 3.48. The first-order valence-corrected chi connectivity index (χ1v) is 4.47. The minimum Gasteiger partial charge on any atom is -0.292 e. The van der Waals surface area contributed by atoms with Gasteiger partial charge in [-0.05, 0) is 14.0 Å². The highest BCUT2D eigenvalue weighted by molar-refractivity contribution is 14.1. The second kappa shape index (κ2) is 5.07. The van der Waals surface area contributed by atoms with E-state index in [4.69, 9.17) is 6.42 Å². The van der Waals surface area contributed by atoms with Gasteiger partial charge in [0.2, 0.25) is 0 Å². The Morgan fingerprint density at radius 3 is 2.67 bits per heavy atom. The fourth-order valence-corrected chi connectivity index (χ4v) is 1.22. The Morgan fingerprint density at radius 1 is 1.78 bits per heavy atom. The summed E-state index contributed by atoms with van der Waals surface area (Å²) in [6.45, 7) is 3.11. The van der Waals surface area contributed by atoms with Gasteiger partial charge in [-0.15, -0.1) is 6.42 Å². The summed E-state index contributed by atoms with van der Waals surface area (Å²) in [5.41, 5.74) is 0. The predicted molar refractivity (Wildman–Crippen MR) is 49.8 cm³/mol. The summed E-state index contributed by atoms with van der Waals surface area (Å²) in [4.78, 5) is 2.16. The Labute approximate surface area is 70.9 Å². The number of hydrogen-bond donors (Lipinski definition) is 0. The quantitative estimate of drug-likeness (QED) is 0.407. The summed E-state index contributed by atoms with van der Waals surface area (Å²) < 4.78 is 1.14. The van der Waals surface area contributed by atoms with E-state index in [1.54, 1.807) is 0 Å². The summed E-state index contributed by atoms with van der Waals surface area (Å²) in [6.07, 6.45) is 5.21. The highest BCUT2D eigenvalue weighted by atomic mass is 127. The lowest BCUT2D eigenvalue weighted by Crippen LogP contribution is -2.29. The van der Waals surface area contributed by atoms with Crippen LogP contribution in [0.15, 0.2) is 0 Å². The molecule has 0 saturated carbocycles. The fourth-order valence-electron chi connectivity index (χ4n) is 0.454. The number of alkyl halides is 1. The van der Waals surface area contributed by atoms with Crippen LogP contribution in [0.2, 0.25) is 0 Å². The molecule has 0 heterocycles. The summed E-state index contributed by atoms with van der Waals surface area (Å²) in [5.74, 6) is 2.67. The molecule has 9 heavy (non-hydrogen) atoms. The van der Waals surface area contributed by atoms with E-state index in [-0.39, 0.29) is 6.04 Å². The van der Waals surface area contributed by atoms with Crippen molar-refractivity contribution in [3.63, 3.8) is 0 Å². The van der Waals surface area contributed by atoms with Crippen LogP contribution in [0.3, 0.4) is 0 Å². The Bertz CT molecular complexity index is 106. The zero-order valence-electron chi connectivity index (χ0n) is 5.89. The van der Waals surface area contributed by atoms with Gasteiger partial charge in [0, 0.05) is 11.0 Å². The second-order valence-corrected chi connectivity index (χ2v) is 3.09. The first kappa shape index (κ1) is 9.25. The molecule has 0 radical (unpaired) electrons. The third-order valence-electron chi connectivity index (χ3n) is 1.34. The van der Waals surface area contributed by atoms with E-state index < -0.39 is 0 Å². The van der Waals surface area contributed by atoms with Crippen LogP contribution < -0.4 is 0 Å². The van der Waals surface area contributed by atoms with Crippen molar-refractivity contribution in [2.24, 2.45) is 0 Å². The summed E-state index contributed by atoms with van der Waals surface area (Å²) >= 11 is 2.34. The average Bonchev–Trinajstić information content (AvgIpc) is 1.87. The minimum atomic E-state index is 0.278. The lowest BCUT2D eigenvalue weighted by Gasteiger charge is -2.17. The molecular weight excluding hydrogens is 225 g/mol. The molecule has 0 saturated heterocycles. The van der Waals surface area contributed by atoms with Gasteiger partial charge in [-0.25, -0.2) is 0 Å². The smallest absolute Gasteiger partial charge is 0.0681 e. The van der Waals surface area contributed by atoms with Crippen LogP contribution in [0.5, 0.6) is 0 Å². The van der Waals surface area contributed by atoms with Gasteiger partial charge in [0.25, 0.3) is 0 Å². The van der Waals surface area contributed by atoms with Gasteiger partial charge in [-0.2, -0.15) is 0 Å². The molecule has 0 amide bonds. The van der Waals surface area contributed by atoms with E-state index in [0.717, 1.165) is 11.0 Å². The van der Waals surface area contributed by atoms with Crippen LogP contribution in [0.25, 0.3) is 0 Å². The molecular formula is C7H12IN. The maximum absolute atomic E-state index is 5.21. The third kappa shape index (κ3) is 3.77. The van der Waals surface area contributed by atoms with E-state index in [2.05, 4.69) is 33.4 Å². The fraction of sp³-hybridized carbons (Fsp3) is 0.714. The van der Waals surface area contributed by atoms with Crippen molar-refractivity contribution in [1.82, 2.24) is 4.90 Å².